The summed E-state index contributed by atoms with van der Waals surface area (Å²) in [4.78, 5) is 14.8. The van der Waals surface area contributed by atoms with Gasteiger partial charge in [-0.1, -0.05) is 6.07 Å². The first kappa shape index (κ1) is 15.1. The van der Waals surface area contributed by atoms with E-state index in [2.05, 4.69) is 4.98 Å². The van der Waals surface area contributed by atoms with Crippen molar-refractivity contribution in [1.82, 2.24) is 4.98 Å². The fourth-order valence-corrected chi connectivity index (χ4v) is 2.03. The molecule has 0 atom stereocenters. The number of ketones is 1. The van der Waals surface area contributed by atoms with Gasteiger partial charge < -0.3 is 9.31 Å². The number of hydrogen-bond acceptors (Lipinski definition) is 4. The average Bonchev–Trinajstić information content (AvgIpc) is 2.50. The lowest BCUT2D eigenvalue weighted by Crippen LogP contribution is -2.41. The molecule has 20 heavy (non-hydrogen) atoms. The highest BCUT2D eigenvalue weighted by Crippen LogP contribution is 2.36. The third-order valence-electron chi connectivity index (χ3n) is 3.88. The summed E-state index contributed by atoms with van der Waals surface area (Å²) in [5, 5.41) is 0. The van der Waals surface area contributed by atoms with E-state index in [4.69, 9.17) is 9.31 Å². The van der Waals surface area contributed by atoms with Crippen LogP contribution in [0.1, 0.15) is 40.2 Å². The molecule has 108 valence electrons. The Morgan fingerprint density at radius 1 is 1.30 bits per heavy atom. The summed E-state index contributed by atoms with van der Waals surface area (Å²) < 4.78 is 25.5. The van der Waals surface area contributed by atoms with Crippen molar-refractivity contribution < 1.29 is 18.5 Å². The van der Waals surface area contributed by atoms with Crippen molar-refractivity contribution in [3.8, 4) is 0 Å². The number of carbonyl (C=O) groups is 1. The zero-order valence-corrected chi connectivity index (χ0v) is 12.5. The van der Waals surface area contributed by atoms with Crippen LogP contribution in [0, 0.1) is 5.95 Å². The SMILES string of the molecule is CC(=O)Cc1cnc(F)c(B2OC(C)(C)C(C)(C)O2)c1. The summed E-state index contributed by atoms with van der Waals surface area (Å²) >= 11 is 0. The Morgan fingerprint density at radius 2 is 1.85 bits per heavy atom. The molecule has 1 aliphatic heterocycles. The van der Waals surface area contributed by atoms with Gasteiger partial charge in [0.25, 0.3) is 0 Å². The summed E-state index contributed by atoms with van der Waals surface area (Å²) in [7, 11) is -0.806. The first-order valence-corrected chi connectivity index (χ1v) is 6.62. The predicted molar refractivity (Wildman–Crippen MR) is 74.3 cm³/mol. The Hall–Kier alpha value is -1.27. The van der Waals surface area contributed by atoms with Crippen molar-refractivity contribution in [2.75, 3.05) is 0 Å². The van der Waals surface area contributed by atoms with Gasteiger partial charge in [0.15, 0.2) is 0 Å². The minimum absolute atomic E-state index is 0.00160. The fourth-order valence-electron chi connectivity index (χ4n) is 2.03. The molecule has 0 unspecified atom stereocenters. The first-order chi connectivity index (χ1) is 9.12. The summed E-state index contributed by atoms with van der Waals surface area (Å²) in [6.45, 7) is 9.09. The van der Waals surface area contributed by atoms with E-state index in [1.165, 1.54) is 13.1 Å². The molecule has 0 bridgehead atoms. The lowest BCUT2D eigenvalue weighted by atomic mass is 9.79. The zero-order valence-electron chi connectivity index (χ0n) is 12.5. The van der Waals surface area contributed by atoms with Crippen LogP contribution in [-0.2, 0) is 20.5 Å². The summed E-state index contributed by atoms with van der Waals surface area (Å²) in [6.07, 6.45) is 1.59. The maximum absolute atomic E-state index is 13.9. The van der Waals surface area contributed by atoms with Crippen molar-refractivity contribution in [3.63, 3.8) is 0 Å². The molecule has 1 aromatic heterocycles. The summed E-state index contributed by atoms with van der Waals surface area (Å²) in [5.41, 5.74) is -0.188. The van der Waals surface area contributed by atoms with Crippen LogP contribution in [0.25, 0.3) is 0 Å². The molecule has 6 heteroatoms. The van der Waals surface area contributed by atoms with Crippen LogP contribution in [0.5, 0.6) is 0 Å². The van der Waals surface area contributed by atoms with Crippen LogP contribution < -0.4 is 5.46 Å². The topological polar surface area (TPSA) is 48.4 Å². The van der Waals surface area contributed by atoms with Gasteiger partial charge >= 0.3 is 7.12 Å². The molecule has 1 aliphatic rings. The van der Waals surface area contributed by atoms with Crippen LogP contribution in [0.15, 0.2) is 12.3 Å². The van der Waals surface area contributed by atoms with E-state index < -0.39 is 24.3 Å². The van der Waals surface area contributed by atoms with Crippen molar-refractivity contribution >= 4 is 18.4 Å². The normalized spacial score (nSPS) is 20.2. The molecule has 0 saturated carbocycles. The van der Waals surface area contributed by atoms with E-state index in [0.717, 1.165) is 0 Å². The third-order valence-corrected chi connectivity index (χ3v) is 3.88. The van der Waals surface area contributed by atoms with Gasteiger partial charge in [0.05, 0.1) is 11.2 Å². The molecule has 0 aromatic carbocycles. The highest BCUT2D eigenvalue weighted by Gasteiger charge is 2.52. The number of hydrogen-bond donors (Lipinski definition) is 0. The Balaban J connectivity index is 2.32. The summed E-state index contributed by atoms with van der Waals surface area (Å²) in [5.74, 6) is -0.630. The van der Waals surface area contributed by atoms with Crippen molar-refractivity contribution in [2.45, 2.75) is 52.2 Å². The van der Waals surface area contributed by atoms with Gasteiger partial charge in [0.2, 0.25) is 5.95 Å². The molecule has 1 fully saturated rings. The molecule has 1 saturated heterocycles. The minimum Gasteiger partial charge on any atom is -0.399 e. The van der Waals surface area contributed by atoms with Gasteiger partial charge in [0, 0.05) is 18.1 Å². The van der Waals surface area contributed by atoms with Crippen LogP contribution in [-0.4, -0.2) is 29.1 Å². The van der Waals surface area contributed by atoms with Crippen molar-refractivity contribution in [2.24, 2.45) is 0 Å². The van der Waals surface area contributed by atoms with Gasteiger partial charge in [-0.3, -0.25) is 4.79 Å². The molecular weight excluding hydrogens is 260 g/mol. The number of pyridine rings is 1. The number of Topliss-reactive ketones (excluding diaryl/α,β-unsaturated/α-hetero) is 1. The molecule has 2 rings (SSSR count). The smallest absolute Gasteiger partial charge is 0.399 e. The molecular formula is C14H19BFNO3. The quantitative estimate of drug-likeness (QED) is 0.623. The van der Waals surface area contributed by atoms with Crippen LogP contribution >= 0.6 is 0 Å². The van der Waals surface area contributed by atoms with E-state index >= 15 is 0 Å². The van der Waals surface area contributed by atoms with E-state index in [1.807, 2.05) is 27.7 Å². The highest BCUT2D eigenvalue weighted by molar-refractivity contribution is 6.62. The molecule has 0 N–H and O–H groups in total. The molecule has 0 spiro atoms. The number of carbonyl (C=O) groups excluding carboxylic acids is 1. The summed E-state index contributed by atoms with van der Waals surface area (Å²) in [6, 6.07) is 1.59. The lowest BCUT2D eigenvalue weighted by Gasteiger charge is -2.32. The second-order valence-corrected chi connectivity index (χ2v) is 6.19. The molecule has 0 aliphatic carbocycles. The standard InChI is InChI=1S/C14H19BFNO3/c1-9(18)6-10-7-11(12(16)17-8-10)15-19-13(2,3)14(4,5)20-15/h7-8H,6H2,1-5H3. The van der Waals surface area contributed by atoms with Gasteiger partial charge in [-0.25, -0.2) is 4.98 Å². The monoisotopic (exact) mass is 279 g/mol. The Kier molecular flexibility index (Phi) is 3.73. The number of nitrogens with zero attached hydrogens (tertiary/aromatic N) is 1. The number of aromatic nitrogens is 1. The highest BCUT2D eigenvalue weighted by atomic mass is 19.1. The van der Waals surface area contributed by atoms with E-state index in [1.54, 1.807) is 6.07 Å². The first-order valence-electron chi connectivity index (χ1n) is 6.62. The Morgan fingerprint density at radius 3 is 2.35 bits per heavy atom. The Bertz CT molecular complexity index is 529. The fraction of sp³-hybridized carbons (Fsp3) is 0.571. The predicted octanol–water partition coefficient (Wildman–Crippen LogP) is 1.65. The number of rotatable bonds is 3. The van der Waals surface area contributed by atoms with Gasteiger partial charge in [0.1, 0.15) is 5.78 Å². The minimum atomic E-state index is -0.806. The third kappa shape index (κ3) is 2.76. The van der Waals surface area contributed by atoms with Crippen molar-refractivity contribution in [3.05, 3.63) is 23.8 Å². The molecule has 4 nitrogen and oxygen atoms in total. The molecule has 0 amide bonds. The average molecular weight is 279 g/mol. The second kappa shape index (κ2) is 4.93. The maximum Gasteiger partial charge on any atom is 0.499 e. The molecule has 2 heterocycles. The van der Waals surface area contributed by atoms with E-state index in [-0.39, 0.29) is 17.7 Å². The van der Waals surface area contributed by atoms with E-state index in [9.17, 15) is 9.18 Å². The van der Waals surface area contributed by atoms with Crippen LogP contribution in [0.4, 0.5) is 4.39 Å². The Labute approximate surface area is 118 Å². The number of halogens is 1. The van der Waals surface area contributed by atoms with Gasteiger partial charge in [-0.15, -0.1) is 0 Å². The van der Waals surface area contributed by atoms with Crippen molar-refractivity contribution in [1.29, 1.82) is 0 Å². The molecule has 0 radical (unpaired) electrons. The zero-order chi connectivity index (χ0) is 15.1. The van der Waals surface area contributed by atoms with Crippen LogP contribution in [0.2, 0.25) is 0 Å². The van der Waals surface area contributed by atoms with Crippen LogP contribution in [0.3, 0.4) is 0 Å². The maximum atomic E-state index is 13.9. The largest absolute Gasteiger partial charge is 0.499 e. The second-order valence-electron chi connectivity index (χ2n) is 6.19. The van der Waals surface area contributed by atoms with Gasteiger partial charge in [-0.05, 0) is 40.2 Å². The molecule has 1 aromatic rings. The van der Waals surface area contributed by atoms with E-state index in [0.29, 0.717) is 5.56 Å². The van der Waals surface area contributed by atoms with Gasteiger partial charge in [-0.2, -0.15) is 4.39 Å². The lowest BCUT2D eigenvalue weighted by molar-refractivity contribution is -0.116.